The molecule has 1 N–H and O–H groups in total. The van der Waals surface area contributed by atoms with E-state index < -0.39 is 11.9 Å². The molecule has 0 saturated carbocycles. The third-order valence-electron chi connectivity index (χ3n) is 4.61. The quantitative estimate of drug-likeness (QED) is 0.929. The average molecular weight is 338 g/mol. The molecule has 2 aliphatic heterocycles. The molecule has 128 valence electrons. The van der Waals surface area contributed by atoms with Crippen molar-refractivity contribution in [2.45, 2.75) is 31.6 Å². The first-order chi connectivity index (χ1) is 11.4. The molecular weight excluding hydrogens is 321 g/mol. The van der Waals surface area contributed by atoms with Gasteiger partial charge in [-0.05, 0) is 19.4 Å². The van der Waals surface area contributed by atoms with Crippen molar-refractivity contribution in [3.8, 4) is 11.3 Å². The molecule has 2 aromatic rings. The molecule has 2 aromatic heterocycles. The summed E-state index contributed by atoms with van der Waals surface area (Å²) in [4.78, 5) is 9.87. The van der Waals surface area contributed by atoms with Gasteiger partial charge in [-0.1, -0.05) is 0 Å². The van der Waals surface area contributed by atoms with Crippen molar-refractivity contribution < 1.29 is 13.2 Å². The summed E-state index contributed by atoms with van der Waals surface area (Å²) in [7, 11) is 0. The molecule has 24 heavy (non-hydrogen) atoms. The van der Waals surface area contributed by atoms with Gasteiger partial charge < -0.3 is 10.2 Å². The van der Waals surface area contributed by atoms with Crippen LogP contribution in [0, 0.1) is 0 Å². The van der Waals surface area contributed by atoms with Gasteiger partial charge in [0.15, 0.2) is 5.69 Å². The van der Waals surface area contributed by atoms with Gasteiger partial charge in [0.2, 0.25) is 5.95 Å². The molecule has 0 aromatic carbocycles. The Morgan fingerprint density at radius 3 is 2.58 bits per heavy atom. The van der Waals surface area contributed by atoms with Crippen LogP contribution in [0.25, 0.3) is 11.3 Å². The molecule has 0 bridgehead atoms. The van der Waals surface area contributed by atoms with Gasteiger partial charge in [0.25, 0.3) is 0 Å². The van der Waals surface area contributed by atoms with E-state index in [0.29, 0.717) is 12.1 Å². The SMILES string of the molecule is C[C@H]1CCN1c1nc(-c2cnn(C3CNC3)c2)cc(C(F)(F)F)n1. The van der Waals surface area contributed by atoms with E-state index in [9.17, 15) is 13.2 Å². The summed E-state index contributed by atoms with van der Waals surface area (Å²) in [6, 6.07) is 1.40. The molecule has 2 fully saturated rings. The van der Waals surface area contributed by atoms with E-state index in [0.717, 1.165) is 25.6 Å². The second-order valence-corrected chi connectivity index (χ2v) is 6.29. The van der Waals surface area contributed by atoms with Crippen molar-refractivity contribution >= 4 is 5.95 Å². The van der Waals surface area contributed by atoms with E-state index in [-0.39, 0.29) is 23.7 Å². The molecule has 0 radical (unpaired) electrons. The van der Waals surface area contributed by atoms with Gasteiger partial charge in [0.05, 0.1) is 17.9 Å². The number of hydrogen-bond acceptors (Lipinski definition) is 5. The number of aromatic nitrogens is 4. The van der Waals surface area contributed by atoms with E-state index in [2.05, 4.69) is 20.4 Å². The Hall–Kier alpha value is -2.16. The standard InChI is InChI=1S/C15H17F3N6/c1-9-2-3-23(9)14-21-12(4-13(22-14)15(16,17)18)10-5-20-24(8-10)11-6-19-7-11/h4-5,8-9,11,19H,2-3,6-7H2,1H3/t9-/m0/s1. The molecule has 0 unspecified atom stereocenters. The molecule has 1 atom stereocenters. The smallest absolute Gasteiger partial charge is 0.338 e. The molecule has 9 heteroatoms. The molecule has 0 spiro atoms. The van der Waals surface area contributed by atoms with Crippen LogP contribution in [0.3, 0.4) is 0 Å². The number of hydrogen-bond donors (Lipinski definition) is 1. The Morgan fingerprint density at radius 1 is 1.25 bits per heavy atom. The largest absolute Gasteiger partial charge is 0.433 e. The summed E-state index contributed by atoms with van der Waals surface area (Å²) in [5.74, 6) is 0.136. The molecule has 4 heterocycles. The monoisotopic (exact) mass is 338 g/mol. The van der Waals surface area contributed by atoms with Crippen LogP contribution in [0.2, 0.25) is 0 Å². The lowest BCUT2D eigenvalue weighted by Crippen LogP contribution is -2.46. The van der Waals surface area contributed by atoms with Crippen molar-refractivity contribution in [3.05, 3.63) is 24.2 Å². The predicted octanol–water partition coefficient (Wildman–Crippen LogP) is 2.10. The van der Waals surface area contributed by atoms with Crippen LogP contribution < -0.4 is 10.2 Å². The number of halogens is 3. The van der Waals surface area contributed by atoms with E-state index in [1.807, 2.05) is 6.92 Å². The minimum atomic E-state index is -4.51. The van der Waals surface area contributed by atoms with E-state index >= 15 is 0 Å². The van der Waals surface area contributed by atoms with Crippen LogP contribution in [0.1, 0.15) is 25.1 Å². The van der Waals surface area contributed by atoms with Gasteiger partial charge in [0, 0.05) is 37.4 Å². The van der Waals surface area contributed by atoms with E-state index in [4.69, 9.17) is 0 Å². The fourth-order valence-corrected chi connectivity index (χ4v) is 2.80. The van der Waals surface area contributed by atoms with E-state index in [1.165, 1.54) is 0 Å². The number of nitrogens with one attached hydrogen (secondary N) is 1. The van der Waals surface area contributed by atoms with E-state index in [1.54, 1.807) is 22.0 Å². The number of nitrogens with zero attached hydrogens (tertiary/aromatic N) is 5. The maximum Gasteiger partial charge on any atom is 0.433 e. The predicted molar refractivity (Wildman–Crippen MR) is 81.6 cm³/mol. The van der Waals surface area contributed by atoms with Gasteiger partial charge >= 0.3 is 6.18 Å². The molecule has 4 rings (SSSR count). The highest BCUT2D eigenvalue weighted by Gasteiger charge is 2.36. The normalized spacial score (nSPS) is 21.5. The molecular formula is C15H17F3N6. The summed E-state index contributed by atoms with van der Waals surface area (Å²) >= 11 is 0. The minimum Gasteiger partial charge on any atom is -0.338 e. The Labute approximate surface area is 136 Å². The Kier molecular flexibility index (Phi) is 3.48. The fraction of sp³-hybridized carbons (Fsp3) is 0.533. The summed E-state index contributed by atoms with van der Waals surface area (Å²) < 4.78 is 41.4. The summed E-state index contributed by atoms with van der Waals surface area (Å²) in [6.45, 7) is 4.26. The van der Waals surface area contributed by atoms with Crippen molar-refractivity contribution in [1.29, 1.82) is 0 Å². The lowest BCUT2D eigenvalue weighted by Gasteiger charge is -2.38. The third-order valence-corrected chi connectivity index (χ3v) is 4.61. The van der Waals surface area contributed by atoms with Gasteiger partial charge in [-0.25, -0.2) is 9.97 Å². The topological polar surface area (TPSA) is 58.9 Å². The fourth-order valence-electron chi connectivity index (χ4n) is 2.80. The van der Waals surface area contributed by atoms with Gasteiger partial charge in [-0.2, -0.15) is 18.3 Å². The van der Waals surface area contributed by atoms with Crippen LogP contribution in [-0.2, 0) is 6.18 Å². The Balaban J connectivity index is 1.73. The van der Waals surface area contributed by atoms with Gasteiger partial charge in [-0.15, -0.1) is 0 Å². The first-order valence-corrected chi connectivity index (χ1v) is 7.90. The van der Waals surface area contributed by atoms with Crippen LogP contribution in [0.4, 0.5) is 19.1 Å². The zero-order valence-electron chi connectivity index (χ0n) is 13.1. The molecule has 2 saturated heterocycles. The molecule has 6 nitrogen and oxygen atoms in total. The summed E-state index contributed by atoms with van der Waals surface area (Å²) in [6.07, 6.45) is -0.266. The first-order valence-electron chi connectivity index (χ1n) is 7.90. The second-order valence-electron chi connectivity index (χ2n) is 6.29. The van der Waals surface area contributed by atoms with Gasteiger partial charge in [-0.3, -0.25) is 4.68 Å². The first kappa shape index (κ1) is 15.4. The second kappa shape index (κ2) is 5.44. The van der Waals surface area contributed by atoms with Crippen molar-refractivity contribution in [1.82, 2.24) is 25.1 Å². The summed E-state index contributed by atoms with van der Waals surface area (Å²) in [5, 5.41) is 7.39. The molecule has 0 aliphatic carbocycles. The maximum atomic E-state index is 13.2. The van der Waals surface area contributed by atoms with Crippen molar-refractivity contribution in [2.24, 2.45) is 0 Å². The van der Waals surface area contributed by atoms with Gasteiger partial charge in [0.1, 0.15) is 0 Å². The van der Waals surface area contributed by atoms with Crippen LogP contribution in [-0.4, -0.2) is 45.4 Å². The minimum absolute atomic E-state index is 0.136. The number of rotatable bonds is 3. The third kappa shape index (κ3) is 2.62. The zero-order valence-corrected chi connectivity index (χ0v) is 13.1. The van der Waals surface area contributed by atoms with Crippen LogP contribution in [0.15, 0.2) is 18.5 Å². The number of anilines is 1. The molecule has 2 aliphatic rings. The highest BCUT2D eigenvalue weighted by Crippen LogP contribution is 2.33. The zero-order chi connectivity index (χ0) is 16.9. The van der Waals surface area contributed by atoms with Crippen molar-refractivity contribution in [3.63, 3.8) is 0 Å². The molecule has 0 amide bonds. The average Bonchev–Trinajstić information content (AvgIpc) is 2.92. The van der Waals surface area contributed by atoms with Crippen LogP contribution >= 0.6 is 0 Å². The summed E-state index contributed by atoms with van der Waals surface area (Å²) in [5.41, 5.74) is -0.0890. The lowest BCUT2D eigenvalue weighted by atomic mass is 10.1. The highest BCUT2D eigenvalue weighted by atomic mass is 19.4. The number of alkyl halides is 3. The lowest BCUT2D eigenvalue weighted by molar-refractivity contribution is -0.141. The Bertz CT molecular complexity index is 752. The van der Waals surface area contributed by atoms with Crippen molar-refractivity contribution in [2.75, 3.05) is 24.5 Å². The highest BCUT2D eigenvalue weighted by molar-refractivity contribution is 5.60. The maximum absolute atomic E-state index is 13.2. The Morgan fingerprint density at radius 2 is 2.04 bits per heavy atom. The van der Waals surface area contributed by atoms with Crippen LogP contribution in [0.5, 0.6) is 0 Å².